The summed E-state index contributed by atoms with van der Waals surface area (Å²) in [6, 6.07) is 0. The molecule has 0 radical (unpaired) electrons. The van der Waals surface area contributed by atoms with Gasteiger partial charge in [0.1, 0.15) is 5.39 Å². The van der Waals surface area contributed by atoms with E-state index in [9.17, 15) is 4.79 Å². The number of aromatic nitrogens is 4. The van der Waals surface area contributed by atoms with E-state index in [1.54, 1.807) is 6.20 Å². The lowest BCUT2D eigenvalue weighted by Crippen LogP contribution is -2.25. The number of aromatic amines is 1. The SMILES string of the molecule is CC1CCC(CNc2nc3c(cnn3C(C)(C)C)c(=O)[nH]2)CC1. The maximum atomic E-state index is 12.2. The van der Waals surface area contributed by atoms with E-state index < -0.39 is 0 Å². The Labute approximate surface area is 136 Å². The summed E-state index contributed by atoms with van der Waals surface area (Å²) in [5, 5.41) is 8.19. The van der Waals surface area contributed by atoms with E-state index in [4.69, 9.17) is 0 Å². The van der Waals surface area contributed by atoms with Gasteiger partial charge in [-0.2, -0.15) is 10.1 Å². The average Bonchev–Trinajstić information content (AvgIpc) is 2.91. The second-order valence-electron chi connectivity index (χ2n) is 7.89. The lowest BCUT2D eigenvalue weighted by molar-refractivity contribution is 0.300. The maximum Gasteiger partial charge on any atom is 0.263 e. The lowest BCUT2D eigenvalue weighted by atomic mass is 9.83. The molecule has 0 saturated heterocycles. The summed E-state index contributed by atoms with van der Waals surface area (Å²) in [6.07, 6.45) is 6.69. The Morgan fingerprint density at radius 2 is 2.00 bits per heavy atom. The van der Waals surface area contributed by atoms with E-state index in [0.29, 0.717) is 22.9 Å². The third kappa shape index (κ3) is 3.41. The third-order valence-corrected chi connectivity index (χ3v) is 4.77. The largest absolute Gasteiger partial charge is 0.355 e. The van der Waals surface area contributed by atoms with Crippen molar-refractivity contribution >= 4 is 17.0 Å². The number of fused-ring (bicyclic) bond motifs is 1. The molecule has 0 atom stereocenters. The van der Waals surface area contributed by atoms with Crippen LogP contribution in [0.1, 0.15) is 53.4 Å². The summed E-state index contributed by atoms with van der Waals surface area (Å²) in [6.45, 7) is 9.35. The Kier molecular flexibility index (Phi) is 4.17. The Hall–Kier alpha value is -1.85. The molecule has 2 heterocycles. The average molecular weight is 317 g/mol. The van der Waals surface area contributed by atoms with Crippen molar-refractivity contribution in [3.63, 3.8) is 0 Å². The summed E-state index contributed by atoms with van der Waals surface area (Å²) < 4.78 is 1.81. The normalized spacial score (nSPS) is 22.4. The fourth-order valence-corrected chi connectivity index (χ4v) is 3.27. The van der Waals surface area contributed by atoms with E-state index in [-0.39, 0.29) is 11.1 Å². The minimum atomic E-state index is -0.209. The van der Waals surface area contributed by atoms with Crippen molar-refractivity contribution in [2.75, 3.05) is 11.9 Å². The van der Waals surface area contributed by atoms with Gasteiger partial charge in [0.05, 0.1) is 11.7 Å². The van der Waals surface area contributed by atoms with Gasteiger partial charge in [0.2, 0.25) is 5.95 Å². The first kappa shape index (κ1) is 16.0. The lowest BCUT2D eigenvalue weighted by Gasteiger charge is -2.26. The van der Waals surface area contributed by atoms with Crippen LogP contribution in [0.4, 0.5) is 5.95 Å². The summed E-state index contributed by atoms with van der Waals surface area (Å²) in [4.78, 5) is 19.7. The smallest absolute Gasteiger partial charge is 0.263 e. The van der Waals surface area contributed by atoms with Gasteiger partial charge in [0.15, 0.2) is 5.65 Å². The quantitative estimate of drug-likeness (QED) is 0.912. The van der Waals surface area contributed by atoms with E-state index >= 15 is 0 Å². The molecule has 0 aromatic carbocycles. The molecule has 3 rings (SSSR count). The van der Waals surface area contributed by atoms with E-state index in [1.807, 2.05) is 4.68 Å². The first-order valence-electron chi connectivity index (χ1n) is 8.57. The van der Waals surface area contributed by atoms with Crippen LogP contribution >= 0.6 is 0 Å². The van der Waals surface area contributed by atoms with Gasteiger partial charge in [-0.05, 0) is 45.4 Å². The van der Waals surface area contributed by atoms with Crippen molar-refractivity contribution in [2.45, 2.75) is 58.9 Å². The molecule has 1 saturated carbocycles. The third-order valence-electron chi connectivity index (χ3n) is 4.77. The summed E-state index contributed by atoms with van der Waals surface area (Å²) in [5.41, 5.74) is 0.297. The zero-order valence-electron chi connectivity index (χ0n) is 14.5. The Morgan fingerprint density at radius 3 is 2.65 bits per heavy atom. The predicted octanol–water partition coefficient (Wildman–Crippen LogP) is 3.11. The molecule has 2 N–H and O–H groups in total. The molecule has 0 amide bonds. The molecule has 0 aliphatic heterocycles. The molecule has 1 fully saturated rings. The molecular weight excluding hydrogens is 290 g/mol. The van der Waals surface area contributed by atoms with Gasteiger partial charge < -0.3 is 5.32 Å². The molecule has 0 bridgehead atoms. The summed E-state index contributed by atoms with van der Waals surface area (Å²) in [5.74, 6) is 2.06. The first-order valence-corrected chi connectivity index (χ1v) is 8.57. The van der Waals surface area contributed by atoms with Crippen LogP contribution in [0.2, 0.25) is 0 Å². The summed E-state index contributed by atoms with van der Waals surface area (Å²) >= 11 is 0. The van der Waals surface area contributed by atoms with E-state index in [1.165, 1.54) is 25.7 Å². The highest BCUT2D eigenvalue weighted by molar-refractivity contribution is 5.74. The van der Waals surface area contributed by atoms with Crippen LogP contribution in [0.25, 0.3) is 11.0 Å². The molecule has 126 valence electrons. The van der Waals surface area contributed by atoms with Crippen molar-refractivity contribution in [3.05, 3.63) is 16.6 Å². The number of rotatable bonds is 3. The number of H-pyrrole nitrogens is 1. The number of hydrogen-bond donors (Lipinski definition) is 2. The van der Waals surface area contributed by atoms with E-state index in [0.717, 1.165) is 12.5 Å². The second kappa shape index (κ2) is 5.98. The Bertz CT molecular complexity index is 732. The Morgan fingerprint density at radius 1 is 1.30 bits per heavy atom. The van der Waals surface area contributed by atoms with Gasteiger partial charge in [-0.15, -0.1) is 0 Å². The van der Waals surface area contributed by atoms with Gasteiger partial charge in [-0.3, -0.25) is 9.78 Å². The number of hydrogen-bond acceptors (Lipinski definition) is 4. The van der Waals surface area contributed by atoms with Crippen molar-refractivity contribution in [2.24, 2.45) is 11.8 Å². The van der Waals surface area contributed by atoms with Crippen molar-refractivity contribution < 1.29 is 0 Å². The highest BCUT2D eigenvalue weighted by atomic mass is 16.1. The van der Waals surface area contributed by atoms with Crippen molar-refractivity contribution in [3.8, 4) is 0 Å². The fourth-order valence-electron chi connectivity index (χ4n) is 3.27. The molecule has 0 spiro atoms. The van der Waals surface area contributed by atoms with Gasteiger partial charge in [-0.1, -0.05) is 19.8 Å². The molecule has 1 aliphatic rings. The Balaban J connectivity index is 1.80. The highest BCUT2D eigenvalue weighted by Gasteiger charge is 2.21. The van der Waals surface area contributed by atoms with Crippen LogP contribution in [0, 0.1) is 11.8 Å². The summed E-state index contributed by atoms with van der Waals surface area (Å²) in [7, 11) is 0. The molecular formula is C17H27N5O. The fraction of sp³-hybridized carbons (Fsp3) is 0.706. The molecule has 6 heteroatoms. The van der Waals surface area contributed by atoms with E-state index in [2.05, 4.69) is 48.1 Å². The van der Waals surface area contributed by atoms with Crippen molar-refractivity contribution in [1.29, 1.82) is 0 Å². The number of nitrogens with zero attached hydrogens (tertiary/aromatic N) is 3. The molecule has 2 aromatic rings. The first-order chi connectivity index (χ1) is 10.8. The molecule has 23 heavy (non-hydrogen) atoms. The van der Waals surface area contributed by atoms with Gasteiger partial charge in [0, 0.05) is 6.54 Å². The number of anilines is 1. The minimum absolute atomic E-state index is 0.134. The van der Waals surface area contributed by atoms with Crippen LogP contribution < -0.4 is 10.9 Å². The van der Waals surface area contributed by atoms with Crippen LogP contribution in [0.15, 0.2) is 11.0 Å². The highest BCUT2D eigenvalue weighted by Crippen LogP contribution is 2.28. The molecule has 0 unspecified atom stereocenters. The van der Waals surface area contributed by atoms with Gasteiger partial charge in [0.25, 0.3) is 5.56 Å². The topological polar surface area (TPSA) is 75.6 Å². The second-order valence-corrected chi connectivity index (χ2v) is 7.89. The van der Waals surface area contributed by atoms with Gasteiger partial charge in [-0.25, -0.2) is 4.68 Å². The van der Waals surface area contributed by atoms with Crippen LogP contribution in [0.5, 0.6) is 0 Å². The zero-order chi connectivity index (χ0) is 16.6. The van der Waals surface area contributed by atoms with Gasteiger partial charge >= 0.3 is 0 Å². The van der Waals surface area contributed by atoms with Crippen LogP contribution in [-0.4, -0.2) is 26.3 Å². The molecule has 2 aromatic heterocycles. The zero-order valence-corrected chi connectivity index (χ0v) is 14.5. The number of nitrogens with one attached hydrogen (secondary N) is 2. The van der Waals surface area contributed by atoms with Crippen LogP contribution in [-0.2, 0) is 5.54 Å². The standard InChI is InChI=1S/C17H27N5O/c1-11-5-7-12(8-6-11)9-18-16-20-14-13(15(23)21-16)10-19-22(14)17(2,3)4/h10-12H,5-9H2,1-4H3,(H2,18,20,21,23). The minimum Gasteiger partial charge on any atom is -0.355 e. The monoisotopic (exact) mass is 317 g/mol. The van der Waals surface area contributed by atoms with Crippen molar-refractivity contribution in [1.82, 2.24) is 19.7 Å². The van der Waals surface area contributed by atoms with Crippen LogP contribution in [0.3, 0.4) is 0 Å². The molecule has 1 aliphatic carbocycles. The molecule has 6 nitrogen and oxygen atoms in total. The predicted molar refractivity (Wildman–Crippen MR) is 92.8 cm³/mol. The maximum absolute atomic E-state index is 12.2.